The molecule has 0 fully saturated rings. The second-order valence-electron chi connectivity index (χ2n) is 7.48. The number of amides is 1. The molecular weight excluding hydrogens is 394 g/mol. The Labute approximate surface area is 184 Å². The zero-order chi connectivity index (χ0) is 22.6. The van der Waals surface area contributed by atoms with Gasteiger partial charge in [0.15, 0.2) is 11.5 Å². The summed E-state index contributed by atoms with van der Waals surface area (Å²) < 4.78 is 16.3. The Morgan fingerprint density at radius 3 is 2.42 bits per heavy atom. The van der Waals surface area contributed by atoms with Crippen LogP contribution in [0.15, 0.2) is 48.5 Å². The van der Waals surface area contributed by atoms with E-state index in [9.17, 15) is 9.59 Å². The summed E-state index contributed by atoms with van der Waals surface area (Å²) in [5.41, 5.74) is 1.86. The summed E-state index contributed by atoms with van der Waals surface area (Å²) >= 11 is 0. The summed E-state index contributed by atoms with van der Waals surface area (Å²) in [5, 5.41) is 2.77. The topological polar surface area (TPSA) is 73.9 Å². The summed E-state index contributed by atoms with van der Waals surface area (Å²) in [7, 11) is 1.59. The van der Waals surface area contributed by atoms with Crippen LogP contribution < -0.4 is 14.8 Å². The molecule has 0 heterocycles. The molecule has 0 aliphatic rings. The molecule has 0 atom stereocenters. The highest BCUT2D eigenvalue weighted by Gasteiger charge is 2.08. The van der Waals surface area contributed by atoms with Gasteiger partial charge in [0.2, 0.25) is 5.91 Å². The van der Waals surface area contributed by atoms with Crippen molar-refractivity contribution < 1.29 is 23.8 Å². The molecule has 0 unspecified atom stereocenters. The molecule has 31 heavy (non-hydrogen) atoms. The molecule has 6 heteroatoms. The average molecular weight is 426 g/mol. The zero-order valence-electron chi connectivity index (χ0n) is 18.6. The Morgan fingerprint density at radius 1 is 1.03 bits per heavy atom. The van der Waals surface area contributed by atoms with Crippen LogP contribution in [0.2, 0.25) is 0 Å². The molecule has 166 valence electrons. The largest absolute Gasteiger partial charge is 0.493 e. The number of nitrogens with one attached hydrogen (secondary N) is 1. The van der Waals surface area contributed by atoms with Gasteiger partial charge >= 0.3 is 5.97 Å². The number of anilines is 1. The molecule has 0 aromatic heterocycles. The molecule has 1 N–H and O–H groups in total. The number of methoxy groups -OCH3 is 1. The molecule has 0 spiro atoms. The number of carbonyl (C=O) groups excluding carboxylic acids is 2. The second kappa shape index (κ2) is 12.4. The highest BCUT2D eigenvalue weighted by atomic mass is 16.5. The van der Waals surface area contributed by atoms with Crippen molar-refractivity contribution in [1.29, 1.82) is 0 Å². The molecule has 2 aromatic rings. The lowest BCUT2D eigenvalue weighted by Crippen LogP contribution is -2.09. The highest BCUT2D eigenvalue weighted by molar-refractivity contribution is 6.02. The molecule has 0 saturated heterocycles. The van der Waals surface area contributed by atoms with E-state index >= 15 is 0 Å². The van der Waals surface area contributed by atoms with Gasteiger partial charge in [-0.3, -0.25) is 4.79 Å². The van der Waals surface area contributed by atoms with Crippen LogP contribution in [0.1, 0.15) is 49.5 Å². The Morgan fingerprint density at radius 2 is 1.77 bits per heavy atom. The van der Waals surface area contributed by atoms with Gasteiger partial charge in [0.05, 0.1) is 25.9 Å². The van der Waals surface area contributed by atoms with Gasteiger partial charge in [0.1, 0.15) is 0 Å². The first kappa shape index (κ1) is 24.0. The van der Waals surface area contributed by atoms with Crippen LogP contribution in [0.3, 0.4) is 0 Å². The minimum atomic E-state index is -0.370. The smallest absolute Gasteiger partial charge is 0.338 e. The van der Waals surface area contributed by atoms with Gasteiger partial charge in [-0.1, -0.05) is 26.8 Å². The number of ether oxygens (including phenoxy) is 3. The standard InChI is InChI=1S/C25H31NO5/c1-5-15-31-25(28)20-8-10-21(11-9-20)26-24(27)13-7-19-6-12-22(23(17-19)29-4)30-16-14-18(2)3/h6-13,17-18H,5,14-16H2,1-4H3,(H,26,27)/b13-7+. The molecule has 0 bridgehead atoms. The maximum atomic E-state index is 12.2. The molecule has 6 nitrogen and oxygen atoms in total. The molecule has 1 amide bonds. The third kappa shape index (κ3) is 8.16. The first-order valence-electron chi connectivity index (χ1n) is 10.5. The maximum absolute atomic E-state index is 12.2. The highest BCUT2D eigenvalue weighted by Crippen LogP contribution is 2.29. The number of esters is 1. The first-order chi connectivity index (χ1) is 14.9. The van der Waals surface area contributed by atoms with Gasteiger partial charge < -0.3 is 19.5 Å². The van der Waals surface area contributed by atoms with Crippen molar-refractivity contribution in [2.45, 2.75) is 33.6 Å². The van der Waals surface area contributed by atoms with Crippen molar-refractivity contribution in [2.24, 2.45) is 5.92 Å². The van der Waals surface area contributed by atoms with Crippen LogP contribution >= 0.6 is 0 Å². The Kier molecular flexibility index (Phi) is 9.62. The van der Waals surface area contributed by atoms with E-state index in [0.29, 0.717) is 41.9 Å². The van der Waals surface area contributed by atoms with Crippen molar-refractivity contribution in [3.8, 4) is 11.5 Å². The van der Waals surface area contributed by atoms with Crippen molar-refractivity contribution in [2.75, 3.05) is 25.6 Å². The first-order valence-corrected chi connectivity index (χ1v) is 10.5. The minimum absolute atomic E-state index is 0.280. The molecule has 0 aliphatic heterocycles. The van der Waals surface area contributed by atoms with Crippen molar-refractivity contribution in [1.82, 2.24) is 0 Å². The summed E-state index contributed by atoms with van der Waals surface area (Å²) in [4.78, 5) is 24.0. The normalized spacial score (nSPS) is 10.9. The van der Waals surface area contributed by atoms with Gasteiger partial charge in [0, 0.05) is 11.8 Å². The Balaban J connectivity index is 1.94. The van der Waals surface area contributed by atoms with Crippen LogP contribution in [0.25, 0.3) is 6.08 Å². The minimum Gasteiger partial charge on any atom is -0.493 e. The fraction of sp³-hybridized carbons (Fsp3) is 0.360. The van der Waals surface area contributed by atoms with Gasteiger partial charge in [-0.05, 0) is 66.8 Å². The number of hydrogen-bond donors (Lipinski definition) is 1. The lowest BCUT2D eigenvalue weighted by Gasteiger charge is -2.12. The van der Waals surface area contributed by atoms with E-state index in [1.807, 2.05) is 25.1 Å². The quantitative estimate of drug-likeness (QED) is 0.389. The van der Waals surface area contributed by atoms with E-state index in [1.54, 1.807) is 37.5 Å². The predicted molar refractivity (Wildman–Crippen MR) is 123 cm³/mol. The fourth-order valence-corrected chi connectivity index (χ4v) is 2.64. The lowest BCUT2D eigenvalue weighted by atomic mass is 10.1. The zero-order valence-corrected chi connectivity index (χ0v) is 18.6. The van der Waals surface area contributed by atoms with Crippen LogP contribution in [0.4, 0.5) is 5.69 Å². The summed E-state index contributed by atoms with van der Waals surface area (Å²) in [6.07, 6.45) is 4.88. The molecule has 0 radical (unpaired) electrons. The van der Waals surface area contributed by atoms with E-state index in [-0.39, 0.29) is 11.9 Å². The monoisotopic (exact) mass is 425 g/mol. The van der Waals surface area contributed by atoms with Crippen molar-refractivity contribution in [3.63, 3.8) is 0 Å². The van der Waals surface area contributed by atoms with E-state index in [4.69, 9.17) is 14.2 Å². The van der Waals surface area contributed by atoms with E-state index in [0.717, 1.165) is 18.4 Å². The van der Waals surface area contributed by atoms with Gasteiger partial charge in [-0.2, -0.15) is 0 Å². The third-order valence-electron chi connectivity index (χ3n) is 4.39. The van der Waals surface area contributed by atoms with Gasteiger partial charge in [0.25, 0.3) is 0 Å². The maximum Gasteiger partial charge on any atom is 0.338 e. The van der Waals surface area contributed by atoms with Gasteiger partial charge in [-0.25, -0.2) is 4.79 Å². The molecule has 0 aliphatic carbocycles. The SMILES string of the molecule is CCCOC(=O)c1ccc(NC(=O)/C=C/c2ccc(OCCC(C)C)c(OC)c2)cc1. The van der Waals surface area contributed by atoms with Crippen molar-refractivity contribution in [3.05, 3.63) is 59.7 Å². The van der Waals surface area contributed by atoms with Gasteiger partial charge in [-0.15, -0.1) is 0 Å². The molecule has 2 aromatic carbocycles. The van der Waals surface area contributed by atoms with Crippen molar-refractivity contribution >= 4 is 23.6 Å². The van der Waals surface area contributed by atoms with Crippen LogP contribution in [0.5, 0.6) is 11.5 Å². The predicted octanol–water partition coefficient (Wildman–Crippen LogP) is 5.34. The summed E-state index contributed by atoms with van der Waals surface area (Å²) in [6.45, 7) is 7.25. The summed E-state index contributed by atoms with van der Waals surface area (Å²) in [5.74, 6) is 1.22. The van der Waals surface area contributed by atoms with Crippen LogP contribution in [-0.2, 0) is 9.53 Å². The van der Waals surface area contributed by atoms with E-state index in [1.165, 1.54) is 6.08 Å². The fourth-order valence-electron chi connectivity index (χ4n) is 2.64. The molecule has 2 rings (SSSR count). The molecule has 0 saturated carbocycles. The third-order valence-corrected chi connectivity index (χ3v) is 4.39. The van der Waals surface area contributed by atoms with Crippen LogP contribution in [0, 0.1) is 5.92 Å². The van der Waals surface area contributed by atoms with E-state index in [2.05, 4.69) is 19.2 Å². The Hall–Kier alpha value is -3.28. The summed E-state index contributed by atoms with van der Waals surface area (Å²) in [6, 6.07) is 12.1. The lowest BCUT2D eigenvalue weighted by molar-refractivity contribution is -0.111. The average Bonchev–Trinajstić information content (AvgIpc) is 2.76. The molecular formula is C25H31NO5. The number of benzene rings is 2. The Bertz CT molecular complexity index is 887. The second-order valence-corrected chi connectivity index (χ2v) is 7.48. The number of hydrogen-bond acceptors (Lipinski definition) is 5. The number of carbonyl (C=O) groups is 2. The van der Waals surface area contributed by atoms with E-state index < -0.39 is 0 Å². The van der Waals surface area contributed by atoms with Crippen LogP contribution in [-0.4, -0.2) is 32.2 Å². The number of rotatable bonds is 11.